The number of amides is 1. The average Bonchev–Trinajstić information content (AvgIpc) is 2.88. The summed E-state index contributed by atoms with van der Waals surface area (Å²) in [7, 11) is 0. The van der Waals surface area contributed by atoms with E-state index in [0.29, 0.717) is 6.54 Å². The molecule has 0 atom stereocenters. The zero-order chi connectivity index (χ0) is 11.9. The molecule has 3 N–H and O–H groups in total. The highest BCUT2D eigenvalue weighted by Crippen LogP contribution is 2.03. The number of nitrogens with zero attached hydrogens (tertiary/aromatic N) is 1. The lowest BCUT2D eigenvalue weighted by molar-refractivity contribution is -0.119. The first kappa shape index (κ1) is 11.2. The van der Waals surface area contributed by atoms with Gasteiger partial charge in [-0.05, 0) is 18.2 Å². The predicted molar refractivity (Wildman–Crippen MR) is 65.4 cm³/mol. The predicted octanol–water partition coefficient (Wildman–Crippen LogP) is 1.14. The van der Waals surface area contributed by atoms with E-state index in [9.17, 15) is 4.79 Å². The van der Waals surface area contributed by atoms with Crippen molar-refractivity contribution in [2.45, 2.75) is 6.54 Å². The van der Waals surface area contributed by atoms with E-state index < -0.39 is 0 Å². The molecule has 0 aliphatic rings. The van der Waals surface area contributed by atoms with Gasteiger partial charge in [-0.15, -0.1) is 0 Å². The van der Waals surface area contributed by atoms with Crippen LogP contribution < -0.4 is 10.6 Å². The van der Waals surface area contributed by atoms with Crippen LogP contribution in [-0.2, 0) is 11.3 Å². The van der Waals surface area contributed by atoms with Gasteiger partial charge in [0.05, 0.1) is 18.8 Å². The summed E-state index contributed by atoms with van der Waals surface area (Å²) in [5.74, 6) is -0.0524. The van der Waals surface area contributed by atoms with Gasteiger partial charge in [0.1, 0.15) is 0 Å². The Morgan fingerprint density at radius 2 is 2.06 bits per heavy atom. The largest absolute Gasteiger partial charge is 0.376 e. The quantitative estimate of drug-likeness (QED) is 0.721. The molecule has 2 rings (SSSR count). The number of anilines is 1. The summed E-state index contributed by atoms with van der Waals surface area (Å²) in [5.41, 5.74) is 1.82. The molecule has 0 radical (unpaired) electrons. The first-order valence-corrected chi connectivity index (χ1v) is 5.38. The van der Waals surface area contributed by atoms with Crippen LogP contribution in [0.2, 0.25) is 0 Å². The SMILES string of the molecule is O=C(CNc1ccccc1)NCc1ccn[nH]1. The van der Waals surface area contributed by atoms with E-state index in [1.807, 2.05) is 36.4 Å². The van der Waals surface area contributed by atoms with Gasteiger partial charge in [-0.1, -0.05) is 18.2 Å². The summed E-state index contributed by atoms with van der Waals surface area (Å²) < 4.78 is 0. The molecule has 0 saturated heterocycles. The molecule has 88 valence electrons. The highest BCUT2D eigenvalue weighted by atomic mass is 16.1. The molecule has 1 amide bonds. The van der Waals surface area contributed by atoms with Crippen molar-refractivity contribution in [1.82, 2.24) is 15.5 Å². The maximum absolute atomic E-state index is 11.5. The van der Waals surface area contributed by atoms with Crippen molar-refractivity contribution in [3.05, 3.63) is 48.3 Å². The van der Waals surface area contributed by atoms with Gasteiger partial charge >= 0.3 is 0 Å². The molecule has 1 heterocycles. The van der Waals surface area contributed by atoms with Crippen LogP contribution in [0.4, 0.5) is 5.69 Å². The summed E-state index contributed by atoms with van der Waals surface area (Å²) in [6.45, 7) is 0.730. The Bertz CT molecular complexity index is 453. The second-order valence-corrected chi connectivity index (χ2v) is 3.58. The van der Waals surface area contributed by atoms with Crippen molar-refractivity contribution in [3.63, 3.8) is 0 Å². The highest BCUT2D eigenvalue weighted by Gasteiger charge is 2.01. The summed E-state index contributed by atoms with van der Waals surface area (Å²) in [4.78, 5) is 11.5. The average molecular weight is 230 g/mol. The van der Waals surface area contributed by atoms with Crippen molar-refractivity contribution < 1.29 is 4.79 Å². The number of hydrogen-bond acceptors (Lipinski definition) is 3. The van der Waals surface area contributed by atoms with Gasteiger partial charge in [-0.25, -0.2) is 0 Å². The van der Waals surface area contributed by atoms with E-state index in [0.717, 1.165) is 11.4 Å². The first-order valence-electron chi connectivity index (χ1n) is 5.38. The van der Waals surface area contributed by atoms with Crippen molar-refractivity contribution in [2.24, 2.45) is 0 Å². The van der Waals surface area contributed by atoms with Gasteiger partial charge in [-0.3, -0.25) is 9.89 Å². The molecule has 2 aromatic rings. The van der Waals surface area contributed by atoms with Crippen LogP contribution in [0.5, 0.6) is 0 Å². The molecule has 17 heavy (non-hydrogen) atoms. The van der Waals surface area contributed by atoms with E-state index >= 15 is 0 Å². The number of rotatable bonds is 5. The van der Waals surface area contributed by atoms with Crippen molar-refractivity contribution in [3.8, 4) is 0 Å². The Morgan fingerprint density at radius 1 is 1.24 bits per heavy atom. The lowest BCUT2D eigenvalue weighted by Crippen LogP contribution is -2.29. The number of H-pyrrole nitrogens is 1. The minimum atomic E-state index is -0.0524. The fraction of sp³-hybridized carbons (Fsp3) is 0.167. The van der Waals surface area contributed by atoms with Gasteiger partial charge in [0.15, 0.2) is 0 Å². The van der Waals surface area contributed by atoms with E-state index in [1.54, 1.807) is 6.20 Å². The van der Waals surface area contributed by atoms with Gasteiger partial charge < -0.3 is 10.6 Å². The standard InChI is InChI=1S/C12H14N4O/c17-12(14-8-11-6-7-15-16-11)9-13-10-4-2-1-3-5-10/h1-7,13H,8-9H2,(H,14,17)(H,15,16). The van der Waals surface area contributed by atoms with Gasteiger partial charge in [0.2, 0.25) is 5.91 Å². The number of nitrogens with one attached hydrogen (secondary N) is 3. The van der Waals surface area contributed by atoms with Crippen LogP contribution in [0.25, 0.3) is 0 Å². The number of para-hydroxylation sites is 1. The van der Waals surface area contributed by atoms with E-state index in [-0.39, 0.29) is 12.5 Å². The fourth-order valence-corrected chi connectivity index (χ4v) is 1.38. The minimum Gasteiger partial charge on any atom is -0.376 e. The number of benzene rings is 1. The summed E-state index contributed by atoms with van der Waals surface area (Å²) in [6, 6.07) is 11.4. The third-order valence-electron chi connectivity index (χ3n) is 2.26. The van der Waals surface area contributed by atoms with Crippen LogP contribution in [0, 0.1) is 0 Å². The third-order valence-corrected chi connectivity index (χ3v) is 2.26. The molecule has 1 aromatic carbocycles. The molecule has 0 saturated carbocycles. The molecule has 0 spiro atoms. The molecule has 0 aliphatic carbocycles. The Hall–Kier alpha value is -2.30. The van der Waals surface area contributed by atoms with E-state index in [2.05, 4.69) is 20.8 Å². The Balaban J connectivity index is 1.71. The molecule has 1 aromatic heterocycles. The number of carbonyl (C=O) groups is 1. The van der Waals surface area contributed by atoms with Gasteiger partial charge in [0, 0.05) is 11.9 Å². The molecule has 0 fully saturated rings. The van der Waals surface area contributed by atoms with Crippen molar-refractivity contribution >= 4 is 11.6 Å². The number of aromatic amines is 1. The molecule has 5 nitrogen and oxygen atoms in total. The fourth-order valence-electron chi connectivity index (χ4n) is 1.38. The summed E-state index contributed by atoms with van der Waals surface area (Å²) >= 11 is 0. The normalized spacial score (nSPS) is 9.88. The second kappa shape index (κ2) is 5.69. The lowest BCUT2D eigenvalue weighted by atomic mass is 10.3. The maximum atomic E-state index is 11.5. The van der Waals surface area contributed by atoms with Crippen LogP contribution in [-0.4, -0.2) is 22.6 Å². The van der Waals surface area contributed by atoms with Gasteiger partial charge in [-0.2, -0.15) is 5.10 Å². The van der Waals surface area contributed by atoms with Crippen LogP contribution >= 0.6 is 0 Å². The van der Waals surface area contributed by atoms with Crippen molar-refractivity contribution in [2.75, 3.05) is 11.9 Å². The Morgan fingerprint density at radius 3 is 2.76 bits per heavy atom. The Labute approximate surface area is 99.2 Å². The zero-order valence-corrected chi connectivity index (χ0v) is 9.31. The molecule has 0 unspecified atom stereocenters. The molecule has 0 bridgehead atoms. The molecule has 0 aliphatic heterocycles. The number of carbonyl (C=O) groups excluding carboxylic acids is 1. The zero-order valence-electron chi connectivity index (χ0n) is 9.31. The van der Waals surface area contributed by atoms with Gasteiger partial charge in [0.25, 0.3) is 0 Å². The summed E-state index contributed by atoms with van der Waals surface area (Å²) in [6.07, 6.45) is 1.66. The van der Waals surface area contributed by atoms with E-state index in [1.165, 1.54) is 0 Å². The number of hydrogen-bond donors (Lipinski definition) is 3. The molecular weight excluding hydrogens is 216 g/mol. The maximum Gasteiger partial charge on any atom is 0.239 e. The molecular formula is C12H14N4O. The Kier molecular flexibility index (Phi) is 3.75. The third kappa shape index (κ3) is 3.64. The van der Waals surface area contributed by atoms with Crippen LogP contribution in [0.3, 0.4) is 0 Å². The number of aromatic nitrogens is 2. The summed E-state index contributed by atoms with van der Waals surface area (Å²) in [5, 5.41) is 12.4. The van der Waals surface area contributed by atoms with Crippen molar-refractivity contribution in [1.29, 1.82) is 0 Å². The monoisotopic (exact) mass is 230 g/mol. The minimum absolute atomic E-state index is 0.0524. The first-order chi connectivity index (χ1) is 8.34. The second-order valence-electron chi connectivity index (χ2n) is 3.58. The van der Waals surface area contributed by atoms with Crippen LogP contribution in [0.1, 0.15) is 5.69 Å². The smallest absolute Gasteiger partial charge is 0.239 e. The van der Waals surface area contributed by atoms with Crippen LogP contribution in [0.15, 0.2) is 42.6 Å². The topological polar surface area (TPSA) is 69.8 Å². The molecule has 5 heteroatoms. The van der Waals surface area contributed by atoms with E-state index in [4.69, 9.17) is 0 Å². The lowest BCUT2D eigenvalue weighted by Gasteiger charge is -2.06. The highest BCUT2D eigenvalue weighted by molar-refractivity contribution is 5.80.